The molecule has 3 heterocycles. The molecule has 0 aliphatic carbocycles. The monoisotopic (exact) mass is 468 g/mol. The molecule has 1 aromatic heterocycles. The first-order chi connectivity index (χ1) is 17.0. The number of nitrogens with zero attached hydrogens (tertiary/aromatic N) is 5. The van der Waals surface area contributed by atoms with Gasteiger partial charge in [0.1, 0.15) is 30.1 Å². The summed E-state index contributed by atoms with van der Waals surface area (Å²) in [5.74, 6) is 0.762. The molecule has 1 saturated heterocycles. The van der Waals surface area contributed by atoms with E-state index in [1.54, 1.807) is 12.1 Å². The second-order valence-electron chi connectivity index (χ2n) is 8.95. The van der Waals surface area contributed by atoms with Crippen molar-refractivity contribution in [3.63, 3.8) is 0 Å². The van der Waals surface area contributed by atoms with Gasteiger partial charge in [-0.05, 0) is 48.7 Å². The second kappa shape index (κ2) is 9.25. The molecule has 0 spiro atoms. The summed E-state index contributed by atoms with van der Waals surface area (Å²) in [4.78, 5) is 9.17. The van der Waals surface area contributed by atoms with Gasteiger partial charge in [0.05, 0.1) is 35.1 Å². The molecule has 7 nitrogen and oxygen atoms in total. The van der Waals surface area contributed by atoms with Crippen molar-refractivity contribution in [3.05, 3.63) is 59.4 Å². The van der Waals surface area contributed by atoms with E-state index in [1.165, 1.54) is 12.1 Å². The number of rotatable bonds is 3. The maximum atomic E-state index is 14.7. The SMILES string of the molecule is CN1CCOc2cc(-c3c(C#N)cc(N4CCC(N)CC4)nc3-c3ccc(C#N)c(F)c3)ccc21. The van der Waals surface area contributed by atoms with Crippen LogP contribution in [-0.2, 0) is 0 Å². The van der Waals surface area contributed by atoms with E-state index in [0.29, 0.717) is 34.8 Å². The van der Waals surface area contributed by atoms with E-state index in [0.717, 1.165) is 49.5 Å². The number of hydrogen-bond acceptors (Lipinski definition) is 7. The Bertz CT molecular complexity index is 1370. The molecule has 0 bridgehead atoms. The van der Waals surface area contributed by atoms with E-state index in [2.05, 4.69) is 15.9 Å². The zero-order chi connectivity index (χ0) is 24.5. The molecule has 35 heavy (non-hydrogen) atoms. The molecule has 2 aromatic carbocycles. The molecule has 1 fully saturated rings. The third kappa shape index (κ3) is 4.25. The molecule has 2 aliphatic rings. The third-order valence-electron chi connectivity index (χ3n) is 6.70. The van der Waals surface area contributed by atoms with Gasteiger partial charge in [0, 0.05) is 37.3 Å². The highest BCUT2D eigenvalue weighted by Gasteiger charge is 2.24. The number of nitrogens with two attached hydrogens (primary N) is 1. The Morgan fingerprint density at radius 1 is 1.00 bits per heavy atom. The van der Waals surface area contributed by atoms with Crippen LogP contribution in [0.2, 0.25) is 0 Å². The van der Waals surface area contributed by atoms with Gasteiger partial charge in [0.25, 0.3) is 0 Å². The van der Waals surface area contributed by atoms with Crippen LogP contribution in [0.1, 0.15) is 24.0 Å². The summed E-state index contributed by atoms with van der Waals surface area (Å²) in [6, 6.07) is 16.4. The first-order valence-corrected chi connectivity index (χ1v) is 11.6. The van der Waals surface area contributed by atoms with Crippen molar-refractivity contribution in [2.24, 2.45) is 5.73 Å². The number of anilines is 2. The van der Waals surface area contributed by atoms with Crippen molar-refractivity contribution in [2.45, 2.75) is 18.9 Å². The zero-order valence-corrected chi connectivity index (χ0v) is 19.5. The molecule has 0 unspecified atom stereocenters. The Labute approximate surface area is 203 Å². The fourth-order valence-electron chi connectivity index (χ4n) is 4.68. The average molecular weight is 469 g/mol. The minimum atomic E-state index is -0.624. The molecule has 0 saturated carbocycles. The molecule has 0 atom stereocenters. The third-order valence-corrected chi connectivity index (χ3v) is 6.70. The van der Waals surface area contributed by atoms with Crippen LogP contribution in [0.3, 0.4) is 0 Å². The van der Waals surface area contributed by atoms with Gasteiger partial charge in [-0.2, -0.15) is 10.5 Å². The van der Waals surface area contributed by atoms with E-state index in [9.17, 15) is 14.9 Å². The van der Waals surface area contributed by atoms with Gasteiger partial charge in [-0.25, -0.2) is 9.37 Å². The number of benzene rings is 2. The number of fused-ring (bicyclic) bond motifs is 1. The normalized spacial score (nSPS) is 15.7. The Morgan fingerprint density at radius 2 is 1.74 bits per heavy atom. The van der Waals surface area contributed by atoms with Crippen LogP contribution in [0.4, 0.5) is 15.9 Å². The second-order valence-corrected chi connectivity index (χ2v) is 8.95. The molecular weight excluding hydrogens is 443 g/mol. The maximum absolute atomic E-state index is 14.7. The van der Waals surface area contributed by atoms with E-state index < -0.39 is 5.82 Å². The summed E-state index contributed by atoms with van der Waals surface area (Å²) < 4.78 is 20.5. The molecular formula is C27H25FN6O. The highest BCUT2D eigenvalue weighted by atomic mass is 19.1. The van der Waals surface area contributed by atoms with Gasteiger partial charge in [-0.15, -0.1) is 0 Å². The lowest BCUT2D eigenvalue weighted by atomic mass is 9.93. The molecule has 2 N–H and O–H groups in total. The minimum Gasteiger partial charge on any atom is -0.490 e. The number of hydrogen-bond donors (Lipinski definition) is 1. The standard InChI is InChI=1S/C27H25FN6O/c1-33-10-11-35-24-13-17(4-5-23(24)33)26-20(16-30)14-25(34-8-6-21(31)7-9-34)32-27(26)18-2-3-19(15-29)22(28)12-18/h2-5,12-14,21H,6-11,31H2,1H3. The van der Waals surface area contributed by atoms with E-state index in [-0.39, 0.29) is 11.6 Å². The Hall–Kier alpha value is -4.14. The first kappa shape index (κ1) is 22.6. The lowest BCUT2D eigenvalue weighted by Crippen LogP contribution is -2.40. The predicted octanol–water partition coefficient (Wildman–Crippen LogP) is 4.05. The lowest BCUT2D eigenvalue weighted by molar-refractivity contribution is 0.311. The maximum Gasteiger partial charge on any atom is 0.143 e. The Morgan fingerprint density at radius 3 is 2.46 bits per heavy atom. The number of piperidine rings is 1. The van der Waals surface area contributed by atoms with Crippen molar-refractivity contribution in [1.82, 2.24) is 4.98 Å². The molecule has 0 amide bonds. The molecule has 3 aromatic rings. The van der Waals surface area contributed by atoms with E-state index in [1.807, 2.05) is 31.3 Å². The van der Waals surface area contributed by atoms with Gasteiger partial charge >= 0.3 is 0 Å². The van der Waals surface area contributed by atoms with Crippen molar-refractivity contribution in [1.29, 1.82) is 10.5 Å². The summed E-state index contributed by atoms with van der Waals surface area (Å²) in [5, 5.41) is 19.3. The Balaban J connectivity index is 1.71. The highest BCUT2D eigenvalue weighted by Crippen LogP contribution is 2.41. The first-order valence-electron chi connectivity index (χ1n) is 11.6. The predicted molar refractivity (Wildman–Crippen MR) is 133 cm³/mol. The van der Waals surface area contributed by atoms with Gasteiger partial charge in [0.2, 0.25) is 0 Å². The van der Waals surface area contributed by atoms with Crippen molar-refractivity contribution >= 4 is 11.5 Å². The molecule has 2 aliphatic heterocycles. The number of halogens is 1. The number of likely N-dealkylation sites (N-methyl/N-ethyl adjacent to an activating group) is 1. The van der Waals surface area contributed by atoms with Crippen molar-refractivity contribution in [2.75, 3.05) is 43.1 Å². The van der Waals surface area contributed by atoms with E-state index >= 15 is 0 Å². The summed E-state index contributed by atoms with van der Waals surface area (Å²) in [5.41, 5.74) is 9.80. The zero-order valence-electron chi connectivity index (χ0n) is 19.5. The van der Waals surface area contributed by atoms with Crippen LogP contribution in [0, 0.1) is 28.5 Å². The molecule has 8 heteroatoms. The Kier molecular flexibility index (Phi) is 5.98. The van der Waals surface area contributed by atoms with Crippen molar-refractivity contribution < 1.29 is 9.13 Å². The lowest BCUT2D eigenvalue weighted by Gasteiger charge is -2.32. The fourth-order valence-corrected chi connectivity index (χ4v) is 4.68. The number of aromatic nitrogens is 1. The van der Waals surface area contributed by atoms with Crippen LogP contribution in [0.5, 0.6) is 5.75 Å². The van der Waals surface area contributed by atoms with Crippen LogP contribution >= 0.6 is 0 Å². The summed E-state index contributed by atoms with van der Waals surface area (Å²) >= 11 is 0. The number of ether oxygens (including phenoxy) is 1. The largest absolute Gasteiger partial charge is 0.490 e. The minimum absolute atomic E-state index is 0.0396. The molecule has 0 radical (unpaired) electrons. The van der Waals surface area contributed by atoms with Gasteiger partial charge in [0.15, 0.2) is 0 Å². The summed E-state index contributed by atoms with van der Waals surface area (Å²) in [6.45, 7) is 2.83. The van der Waals surface area contributed by atoms with Crippen LogP contribution in [0.15, 0.2) is 42.5 Å². The molecule has 5 rings (SSSR count). The topological polar surface area (TPSA) is 102 Å². The number of pyridine rings is 1. The van der Waals surface area contributed by atoms with Gasteiger partial charge in [-0.1, -0.05) is 12.1 Å². The average Bonchev–Trinajstić information content (AvgIpc) is 2.88. The van der Waals surface area contributed by atoms with Crippen LogP contribution in [0.25, 0.3) is 22.4 Å². The van der Waals surface area contributed by atoms with Crippen molar-refractivity contribution in [3.8, 4) is 40.3 Å². The van der Waals surface area contributed by atoms with Gasteiger partial charge in [-0.3, -0.25) is 0 Å². The quantitative estimate of drug-likeness (QED) is 0.619. The smallest absolute Gasteiger partial charge is 0.143 e. The van der Waals surface area contributed by atoms with Crippen LogP contribution < -0.4 is 20.3 Å². The van der Waals surface area contributed by atoms with Gasteiger partial charge < -0.3 is 20.3 Å². The summed E-state index contributed by atoms with van der Waals surface area (Å²) in [7, 11) is 2.01. The van der Waals surface area contributed by atoms with Crippen LogP contribution in [-0.4, -0.2) is 44.3 Å². The summed E-state index contributed by atoms with van der Waals surface area (Å²) in [6.07, 6.45) is 1.67. The number of nitriles is 2. The van der Waals surface area contributed by atoms with E-state index in [4.69, 9.17) is 15.5 Å². The fraction of sp³-hybridized carbons (Fsp3) is 0.296. The highest BCUT2D eigenvalue weighted by molar-refractivity contribution is 5.88. The molecule has 176 valence electrons.